The molecule has 0 fully saturated rings. The zero-order valence-electron chi connectivity index (χ0n) is 18.3. The highest BCUT2D eigenvalue weighted by atomic mass is 32.2. The van der Waals surface area contributed by atoms with Gasteiger partial charge in [0.2, 0.25) is 5.91 Å². The molecule has 0 saturated carbocycles. The van der Waals surface area contributed by atoms with Gasteiger partial charge in [-0.2, -0.15) is 0 Å². The first-order valence-corrected chi connectivity index (χ1v) is 12.8. The molecule has 6 nitrogen and oxygen atoms in total. The zero-order chi connectivity index (χ0) is 22.3. The van der Waals surface area contributed by atoms with Crippen molar-refractivity contribution in [2.75, 3.05) is 26.0 Å². The van der Waals surface area contributed by atoms with Gasteiger partial charge >= 0.3 is 0 Å². The van der Waals surface area contributed by atoms with Crippen LogP contribution in [-0.2, 0) is 27.6 Å². The number of benzene rings is 2. The molecule has 0 aliphatic carbocycles. The summed E-state index contributed by atoms with van der Waals surface area (Å²) in [5.74, 6) is 0.635. The highest BCUT2D eigenvalue weighted by Gasteiger charge is 2.22. The summed E-state index contributed by atoms with van der Waals surface area (Å²) in [6.45, 7) is 5.20. The molecule has 1 atom stereocenters. The molecule has 1 aliphatic heterocycles. The van der Waals surface area contributed by atoms with Gasteiger partial charge in [0, 0.05) is 38.4 Å². The Bertz CT molecular complexity index is 973. The van der Waals surface area contributed by atoms with Crippen molar-refractivity contribution in [2.24, 2.45) is 0 Å². The topological polar surface area (TPSA) is 75.7 Å². The molecule has 0 aromatic heterocycles. The van der Waals surface area contributed by atoms with Crippen LogP contribution in [-0.4, -0.2) is 51.2 Å². The Morgan fingerprint density at radius 2 is 1.84 bits per heavy atom. The number of sulfone groups is 1. The van der Waals surface area contributed by atoms with E-state index in [4.69, 9.17) is 4.74 Å². The molecule has 1 N–H and O–H groups in total. The standard InChI is InChI=1S/C24H32N2O4S/c1-3-21(26-15-14-19-7-4-5-8-20(19)18-26)17-25-24(27)9-6-16-30-22-10-12-23(13-11-22)31(2,28)29/h4-5,7-8,10-13,21H,3,6,9,14-18H2,1-2H3,(H,25,27). The number of ether oxygens (including phenoxy) is 1. The molecule has 31 heavy (non-hydrogen) atoms. The summed E-state index contributed by atoms with van der Waals surface area (Å²) < 4.78 is 28.6. The largest absolute Gasteiger partial charge is 0.494 e. The molecule has 168 valence electrons. The summed E-state index contributed by atoms with van der Waals surface area (Å²) >= 11 is 0. The molecule has 7 heteroatoms. The first-order valence-electron chi connectivity index (χ1n) is 10.9. The monoisotopic (exact) mass is 444 g/mol. The Morgan fingerprint density at radius 3 is 2.52 bits per heavy atom. The van der Waals surface area contributed by atoms with E-state index in [-0.39, 0.29) is 10.8 Å². The number of carbonyl (C=O) groups is 1. The summed E-state index contributed by atoms with van der Waals surface area (Å²) in [5.41, 5.74) is 2.82. The number of amides is 1. The van der Waals surface area contributed by atoms with Crippen molar-refractivity contribution >= 4 is 15.7 Å². The van der Waals surface area contributed by atoms with Crippen LogP contribution in [0.2, 0.25) is 0 Å². The third-order valence-electron chi connectivity index (χ3n) is 5.75. The van der Waals surface area contributed by atoms with Gasteiger partial charge in [-0.15, -0.1) is 0 Å². The van der Waals surface area contributed by atoms with Gasteiger partial charge in [0.25, 0.3) is 0 Å². The molecule has 1 aliphatic rings. The van der Waals surface area contributed by atoms with Crippen LogP contribution in [0.25, 0.3) is 0 Å². The van der Waals surface area contributed by atoms with E-state index in [9.17, 15) is 13.2 Å². The van der Waals surface area contributed by atoms with E-state index >= 15 is 0 Å². The minimum atomic E-state index is -3.21. The van der Waals surface area contributed by atoms with Crippen LogP contribution in [0.3, 0.4) is 0 Å². The lowest BCUT2D eigenvalue weighted by Gasteiger charge is -2.35. The van der Waals surface area contributed by atoms with Gasteiger partial charge < -0.3 is 10.1 Å². The second-order valence-electron chi connectivity index (χ2n) is 8.05. The lowest BCUT2D eigenvalue weighted by Crippen LogP contribution is -2.45. The molecule has 2 aromatic rings. The Morgan fingerprint density at radius 1 is 1.13 bits per heavy atom. The van der Waals surface area contributed by atoms with Crippen molar-refractivity contribution in [3.63, 3.8) is 0 Å². The number of nitrogens with one attached hydrogen (secondary N) is 1. The van der Waals surface area contributed by atoms with Crippen LogP contribution < -0.4 is 10.1 Å². The first kappa shape index (κ1) is 23.3. The SMILES string of the molecule is CCC(CNC(=O)CCCOc1ccc(S(C)(=O)=O)cc1)N1CCc2ccccc2C1. The second-order valence-corrected chi connectivity index (χ2v) is 10.1. The molecule has 2 aromatic carbocycles. The maximum Gasteiger partial charge on any atom is 0.220 e. The minimum Gasteiger partial charge on any atom is -0.494 e. The highest BCUT2D eigenvalue weighted by molar-refractivity contribution is 7.90. The molecule has 0 saturated heterocycles. The van der Waals surface area contributed by atoms with Crippen molar-refractivity contribution < 1.29 is 17.9 Å². The van der Waals surface area contributed by atoms with Crippen LogP contribution in [0.15, 0.2) is 53.4 Å². The van der Waals surface area contributed by atoms with E-state index in [1.54, 1.807) is 12.1 Å². The maximum absolute atomic E-state index is 12.3. The molecule has 0 spiro atoms. The third kappa shape index (κ3) is 6.80. The van der Waals surface area contributed by atoms with E-state index in [0.29, 0.717) is 37.8 Å². The summed E-state index contributed by atoms with van der Waals surface area (Å²) in [5, 5.41) is 3.07. The molecule has 1 amide bonds. The van der Waals surface area contributed by atoms with E-state index in [2.05, 4.69) is 41.4 Å². The van der Waals surface area contributed by atoms with Crippen molar-refractivity contribution in [1.82, 2.24) is 10.2 Å². The predicted octanol–water partition coefficient (Wildman–Crippen LogP) is 3.20. The van der Waals surface area contributed by atoms with Crippen LogP contribution >= 0.6 is 0 Å². The van der Waals surface area contributed by atoms with Crippen molar-refractivity contribution in [2.45, 2.75) is 50.1 Å². The quantitative estimate of drug-likeness (QED) is 0.570. The van der Waals surface area contributed by atoms with Crippen molar-refractivity contribution in [1.29, 1.82) is 0 Å². The van der Waals surface area contributed by atoms with E-state index in [1.165, 1.54) is 29.5 Å². The average Bonchev–Trinajstić information content (AvgIpc) is 2.77. The maximum atomic E-state index is 12.3. The Kier molecular flexibility index (Phi) is 8.09. The fraction of sp³-hybridized carbons (Fsp3) is 0.458. The van der Waals surface area contributed by atoms with Gasteiger partial charge in [0.05, 0.1) is 11.5 Å². The van der Waals surface area contributed by atoms with Crippen molar-refractivity contribution in [3.8, 4) is 5.75 Å². The van der Waals surface area contributed by atoms with Crippen LogP contribution in [0.4, 0.5) is 0 Å². The summed E-state index contributed by atoms with van der Waals surface area (Å²) in [6, 6.07) is 15.3. The predicted molar refractivity (Wildman–Crippen MR) is 122 cm³/mol. The van der Waals surface area contributed by atoms with Crippen LogP contribution in [0, 0.1) is 0 Å². The van der Waals surface area contributed by atoms with Gasteiger partial charge in [-0.25, -0.2) is 8.42 Å². The van der Waals surface area contributed by atoms with E-state index in [1.807, 2.05) is 0 Å². The molecule has 1 heterocycles. The summed E-state index contributed by atoms with van der Waals surface area (Å²) in [7, 11) is -3.21. The number of fused-ring (bicyclic) bond motifs is 1. The highest BCUT2D eigenvalue weighted by Crippen LogP contribution is 2.21. The Labute approximate surface area is 185 Å². The average molecular weight is 445 g/mol. The molecule has 0 radical (unpaired) electrons. The lowest BCUT2D eigenvalue weighted by atomic mass is 9.98. The number of hydrogen-bond donors (Lipinski definition) is 1. The smallest absolute Gasteiger partial charge is 0.220 e. The first-order chi connectivity index (χ1) is 14.9. The summed E-state index contributed by atoms with van der Waals surface area (Å²) in [6.07, 6.45) is 4.24. The lowest BCUT2D eigenvalue weighted by molar-refractivity contribution is -0.121. The fourth-order valence-corrected chi connectivity index (χ4v) is 4.52. The van der Waals surface area contributed by atoms with Crippen LogP contribution in [0.5, 0.6) is 5.75 Å². The molecule has 3 rings (SSSR count). The van der Waals surface area contributed by atoms with Gasteiger partial charge in [-0.3, -0.25) is 9.69 Å². The fourth-order valence-electron chi connectivity index (χ4n) is 3.89. The minimum absolute atomic E-state index is 0.0342. The van der Waals surface area contributed by atoms with E-state index in [0.717, 1.165) is 25.9 Å². The number of hydrogen-bond acceptors (Lipinski definition) is 5. The van der Waals surface area contributed by atoms with Gasteiger partial charge in [-0.1, -0.05) is 31.2 Å². The molecule has 1 unspecified atom stereocenters. The number of nitrogens with zero attached hydrogens (tertiary/aromatic N) is 1. The van der Waals surface area contributed by atoms with E-state index < -0.39 is 9.84 Å². The Hall–Kier alpha value is -2.38. The number of rotatable bonds is 10. The molecular formula is C24H32N2O4S. The van der Waals surface area contributed by atoms with Crippen molar-refractivity contribution in [3.05, 3.63) is 59.7 Å². The third-order valence-corrected chi connectivity index (χ3v) is 6.88. The Balaban J connectivity index is 1.37. The van der Waals surface area contributed by atoms with Gasteiger partial charge in [0.1, 0.15) is 5.75 Å². The molecule has 0 bridgehead atoms. The number of carbonyl (C=O) groups excluding carboxylic acids is 1. The molecular weight excluding hydrogens is 412 g/mol. The summed E-state index contributed by atoms with van der Waals surface area (Å²) in [4.78, 5) is 15.0. The van der Waals surface area contributed by atoms with Crippen LogP contribution in [0.1, 0.15) is 37.3 Å². The van der Waals surface area contributed by atoms with Gasteiger partial charge in [0.15, 0.2) is 9.84 Å². The van der Waals surface area contributed by atoms with Gasteiger partial charge in [-0.05, 0) is 54.7 Å². The second kappa shape index (κ2) is 10.8. The zero-order valence-corrected chi connectivity index (χ0v) is 19.2. The normalized spacial score (nSPS) is 15.2.